The van der Waals surface area contributed by atoms with E-state index in [1.165, 1.54) is 9.87 Å². The third-order valence-electron chi connectivity index (χ3n) is 5.98. The van der Waals surface area contributed by atoms with Gasteiger partial charge in [0.05, 0.1) is 16.6 Å². The largest absolute Gasteiger partial charge is 0.348 e. The van der Waals surface area contributed by atoms with Crippen molar-refractivity contribution in [3.8, 4) is 0 Å². The van der Waals surface area contributed by atoms with Gasteiger partial charge in [0.15, 0.2) is 0 Å². The molecule has 0 spiro atoms. The van der Waals surface area contributed by atoms with E-state index in [2.05, 4.69) is 24.4 Å². The van der Waals surface area contributed by atoms with Crippen LogP contribution in [0.25, 0.3) is 0 Å². The van der Waals surface area contributed by atoms with Crippen molar-refractivity contribution in [2.45, 2.75) is 52.0 Å². The molecule has 6 heteroatoms. The molecule has 0 saturated heterocycles. The van der Waals surface area contributed by atoms with Gasteiger partial charge in [-0.2, -0.15) is 0 Å². The van der Waals surface area contributed by atoms with E-state index in [0.717, 1.165) is 28.7 Å². The molecule has 3 aromatic rings. The Labute approximate surface area is 197 Å². The molecule has 0 heterocycles. The number of nitrogens with one attached hydrogen (secondary N) is 1. The van der Waals surface area contributed by atoms with Crippen LogP contribution in [-0.2, 0) is 21.2 Å². The molecule has 0 unspecified atom stereocenters. The summed E-state index contributed by atoms with van der Waals surface area (Å²) >= 11 is 0. The molecule has 0 aromatic heterocycles. The molecule has 3 rings (SSSR count). The molecule has 1 atom stereocenters. The predicted octanol–water partition coefficient (Wildman–Crippen LogP) is 5.25. The molecule has 5 nitrogen and oxygen atoms in total. The van der Waals surface area contributed by atoms with Crippen LogP contribution < -0.4 is 9.62 Å². The standard InChI is InChI=1S/C27H32N2O3S/c1-6-23-12-14-24(15-13-23)29(33(31,32)25-10-8-7-9-11-25)18-27(30)28-22(5)26-17-20(3)19(2)16-21(26)4/h7-17,22H,6,18H2,1-5H3,(H,28,30)/t22-/m0/s1. The predicted molar refractivity (Wildman–Crippen MR) is 134 cm³/mol. The molecule has 0 radical (unpaired) electrons. The van der Waals surface area contributed by atoms with Crippen molar-refractivity contribution < 1.29 is 13.2 Å². The van der Waals surface area contributed by atoms with E-state index in [-0.39, 0.29) is 23.4 Å². The van der Waals surface area contributed by atoms with Crippen LogP contribution in [0.15, 0.2) is 71.6 Å². The fourth-order valence-electron chi connectivity index (χ4n) is 3.88. The number of sulfonamides is 1. The van der Waals surface area contributed by atoms with E-state index < -0.39 is 10.0 Å². The second-order valence-corrected chi connectivity index (χ2v) is 10.3. The van der Waals surface area contributed by atoms with E-state index in [9.17, 15) is 13.2 Å². The zero-order valence-corrected chi connectivity index (χ0v) is 20.7. The van der Waals surface area contributed by atoms with Crippen molar-refractivity contribution in [3.05, 3.63) is 94.5 Å². The molecule has 0 fully saturated rings. The minimum atomic E-state index is -3.92. The zero-order valence-electron chi connectivity index (χ0n) is 19.9. The maximum absolute atomic E-state index is 13.5. The van der Waals surface area contributed by atoms with Crippen LogP contribution >= 0.6 is 0 Å². The highest BCUT2D eigenvalue weighted by Crippen LogP contribution is 2.25. The number of rotatable bonds is 8. The van der Waals surface area contributed by atoms with E-state index >= 15 is 0 Å². The minimum absolute atomic E-state index is 0.149. The Morgan fingerprint density at radius 3 is 2.12 bits per heavy atom. The van der Waals surface area contributed by atoms with Gasteiger partial charge in [-0.3, -0.25) is 9.10 Å². The van der Waals surface area contributed by atoms with Gasteiger partial charge < -0.3 is 5.32 Å². The third-order valence-corrected chi connectivity index (χ3v) is 7.77. The molecule has 0 bridgehead atoms. The second-order valence-electron chi connectivity index (χ2n) is 8.43. The normalized spacial score (nSPS) is 12.3. The SMILES string of the molecule is CCc1ccc(N(CC(=O)N[C@@H](C)c2cc(C)c(C)cc2C)S(=O)(=O)c2ccccc2)cc1. The number of hydrogen-bond acceptors (Lipinski definition) is 3. The maximum Gasteiger partial charge on any atom is 0.264 e. The van der Waals surface area contributed by atoms with Gasteiger partial charge in [0.1, 0.15) is 6.54 Å². The van der Waals surface area contributed by atoms with E-state index in [1.807, 2.05) is 39.8 Å². The minimum Gasteiger partial charge on any atom is -0.348 e. The summed E-state index contributed by atoms with van der Waals surface area (Å²) in [5.74, 6) is -0.362. The topological polar surface area (TPSA) is 66.5 Å². The molecule has 33 heavy (non-hydrogen) atoms. The van der Waals surface area contributed by atoms with Crippen LogP contribution in [0, 0.1) is 20.8 Å². The summed E-state index contributed by atoms with van der Waals surface area (Å²) in [7, 11) is -3.92. The first-order chi connectivity index (χ1) is 15.6. The van der Waals surface area contributed by atoms with Crippen molar-refractivity contribution >= 4 is 21.6 Å². The number of aryl methyl sites for hydroxylation is 4. The van der Waals surface area contributed by atoms with Crippen LogP contribution in [0.2, 0.25) is 0 Å². The van der Waals surface area contributed by atoms with E-state index in [4.69, 9.17) is 0 Å². The highest BCUT2D eigenvalue weighted by Gasteiger charge is 2.27. The van der Waals surface area contributed by atoms with Crippen molar-refractivity contribution in [1.82, 2.24) is 5.32 Å². The summed E-state index contributed by atoms with van der Waals surface area (Å²) in [6.07, 6.45) is 0.846. The Morgan fingerprint density at radius 1 is 0.909 bits per heavy atom. The number of hydrogen-bond donors (Lipinski definition) is 1. The van der Waals surface area contributed by atoms with Gasteiger partial charge in [0.25, 0.3) is 10.0 Å². The highest BCUT2D eigenvalue weighted by molar-refractivity contribution is 7.92. The Kier molecular flexibility index (Phi) is 7.59. The molecular weight excluding hydrogens is 432 g/mol. The van der Waals surface area contributed by atoms with Crippen molar-refractivity contribution in [2.24, 2.45) is 0 Å². The Morgan fingerprint density at radius 2 is 1.52 bits per heavy atom. The molecule has 0 saturated carbocycles. The monoisotopic (exact) mass is 464 g/mol. The van der Waals surface area contributed by atoms with Crippen molar-refractivity contribution in [3.63, 3.8) is 0 Å². The highest BCUT2D eigenvalue weighted by atomic mass is 32.2. The smallest absolute Gasteiger partial charge is 0.264 e. The summed E-state index contributed by atoms with van der Waals surface area (Å²) in [6, 6.07) is 19.4. The molecule has 1 N–H and O–H groups in total. The quantitative estimate of drug-likeness (QED) is 0.495. The van der Waals surface area contributed by atoms with Crippen molar-refractivity contribution in [2.75, 3.05) is 10.8 Å². The number of benzene rings is 3. The molecule has 3 aromatic carbocycles. The van der Waals surface area contributed by atoms with Gasteiger partial charge in [0, 0.05) is 0 Å². The van der Waals surface area contributed by atoms with Gasteiger partial charge in [-0.15, -0.1) is 0 Å². The first-order valence-electron chi connectivity index (χ1n) is 11.2. The maximum atomic E-state index is 13.5. The first kappa shape index (κ1) is 24.5. The number of carbonyl (C=O) groups is 1. The zero-order chi connectivity index (χ0) is 24.2. The molecule has 174 valence electrons. The lowest BCUT2D eigenvalue weighted by atomic mass is 9.96. The number of nitrogens with zero attached hydrogens (tertiary/aromatic N) is 1. The van der Waals surface area contributed by atoms with Gasteiger partial charge in [-0.1, -0.05) is 49.4 Å². The number of anilines is 1. The average molecular weight is 465 g/mol. The fourth-order valence-corrected chi connectivity index (χ4v) is 5.32. The number of carbonyl (C=O) groups excluding carboxylic acids is 1. The van der Waals surface area contributed by atoms with Gasteiger partial charge in [-0.05, 0) is 86.2 Å². The summed E-state index contributed by atoms with van der Waals surface area (Å²) < 4.78 is 28.1. The lowest BCUT2D eigenvalue weighted by molar-refractivity contribution is -0.120. The van der Waals surface area contributed by atoms with Gasteiger partial charge in [-0.25, -0.2) is 8.42 Å². The Hall–Kier alpha value is -3.12. The Bertz CT molecular complexity index is 1220. The van der Waals surface area contributed by atoms with Crippen LogP contribution in [0.4, 0.5) is 5.69 Å². The molecule has 1 amide bonds. The second kappa shape index (κ2) is 10.2. The molecule has 0 aliphatic rings. The van der Waals surface area contributed by atoms with Crippen LogP contribution in [-0.4, -0.2) is 20.9 Å². The number of amides is 1. The van der Waals surface area contributed by atoms with Gasteiger partial charge >= 0.3 is 0 Å². The van der Waals surface area contributed by atoms with E-state index in [1.54, 1.807) is 42.5 Å². The van der Waals surface area contributed by atoms with Crippen molar-refractivity contribution in [1.29, 1.82) is 0 Å². The van der Waals surface area contributed by atoms with Crippen LogP contribution in [0.5, 0.6) is 0 Å². The fraction of sp³-hybridized carbons (Fsp3) is 0.296. The molecular formula is C27H32N2O3S. The lowest BCUT2D eigenvalue weighted by Crippen LogP contribution is -2.41. The van der Waals surface area contributed by atoms with Crippen LogP contribution in [0.3, 0.4) is 0 Å². The summed E-state index contributed by atoms with van der Waals surface area (Å²) in [6.45, 7) is 9.77. The Balaban J connectivity index is 1.89. The summed E-state index contributed by atoms with van der Waals surface area (Å²) in [5.41, 5.74) is 6.03. The third kappa shape index (κ3) is 5.63. The molecule has 0 aliphatic carbocycles. The van der Waals surface area contributed by atoms with Gasteiger partial charge in [0.2, 0.25) is 5.91 Å². The average Bonchev–Trinajstić information content (AvgIpc) is 2.80. The molecule has 0 aliphatic heterocycles. The van der Waals surface area contributed by atoms with E-state index in [0.29, 0.717) is 5.69 Å². The van der Waals surface area contributed by atoms with Crippen LogP contribution in [0.1, 0.15) is 47.7 Å². The first-order valence-corrected chi connectivity index (χ1v) is 12.6. The summed E-state index contributed by atoms with van der Waals surface area (Å²) in [5, 5.41) is 2.98. The summed E-state index contributed by atoms with van der Waals surface area (Å²) in [4.78, 5) is 13.2. The lowest BCUT2D eigenvalue weighted by Gasteiger charge is -2.26.